The second-order valence-electron chi connectivity index (χ2n) is 6.39. The number of carbonyl (C=O) groups is 1. The Bertz CT molecular complexity index is 627. The molecule has 8 heteroatoms. The first kappa shape index (κ1) is 24.3. The molecule has 2 rings (SSSR count). The van der Waals surface area contributed by atoms with Crippen LogP contribution in [0.5, 0.6) is 11.5 Å². The molecule has 158 valence electrons. The normalized spacial score (nSPS) is 16.8. The smallest absolute Gasteiger partial charge is 0.310 e. The van der Waals surface area contributed by atoms with Gasteiger partial charge < -0.3 is 24.4 Å². The Morgan fingerprint density at radius 2 is 2.14 bits per heavy atom. The minimum atomic E-state index is -0.107. The number of likely N-dealkylation sites (tertiary alicyclic amines) is 1. The summed E-state index contributed by atoms with van der Waals surface area (Å²) in [5.74, 6) is 2.22. The van der Waals surface area contributed by atoms with Crippen LogP contribution in [0.2, 0.25) is 0 Å². The van der Waals surface area contributed by atoms with Crippen LogP contribution in [-0.2, 0) is 9.53 Å². The lowest BCUT2D eigenvalue weighted by atomic mass is 9.98. The fourth-order valence-electron chi connectivity index (χ4n) is 3.11. The molecule has 1 unspecified atom stereocenters. The summed E-state index contributed by atoms with van der Waals surface area (Å²) < 4.78 is 16.1. The lowest BCUT2D eigenvalue weighted by molar-refractivity contribution is -0.149. The van der Waals surface area contributed by atoms with Crippen molar-refractivity contribution in [3.05, 3.63) is 24.3 Å². The number of nitrogens with one attached hydrogen (secondary N) is 1. The number of methoxy groups -OCH3 is 1. The van der Waals surface area contributed by atoms with Crippen LogP contribution >= 0.6 is 24.0 Å². The molecule has 28 heavy (non-hydrogen) atoms. The summed E-state index contributed by atoms with van der Waals surface area (Å²) in [5, 5.41) is 3.36. The van der Waals surface area contributed by atoms with Crippen molar-refractivity contribution in [2.75, 3.05) is 47.0 Å². The standard InChI is InChI=1S/C20H31N3O4.HI/c1-4-26-19(24)16-8-6-12-23(15-16)20(21-2)22-11-7-13-27-18-10-5-9-17(14-18)25-3;/h5,9-10,14,16H,4,6-8,11-13,15H2,1-3H3,(H,21,22);1H. The van der Waals surface area contributed by atoms with Crippen molar-refractivity contribution in [3.8, 4) is 11.5 Å². The maximum Gasteiger partial charge on any atom is 0.310 e. The summed E-state index contributed by atoms with van der Waals surface area (Å²) in [6.45, 7) is 5.16. The molecule has 0 bridgehead atoms. The van der Waals surface area contributed by atoms with Gasteiger partial charge in [-0.1, -0.05) is 6.07 Å². The van der Waals surface area contributed by atoms with Crippen molar-refractivity contribution in [2.24, 2.45) is 10.9 Å². The lowest BCUT2D eigenvalue weighted by Crippen LogP contribution is -2.48. The molecule has 1 aliphatic heterocycles. The quantitative estimate of drug-likeness (QED) is 0.193. The second kappa shape index (κ2) is 13.5. The van der Waals surface area contributed by atoms with E-state index < -0.39 is 0 Å². The zero-order chi connectivity index (χ0) is 19.5. The number of aliphatic imine (C=N–C) groups is 1. The van der Waals surface area contributed by atoms with Crippen LogP contribution in [0.25, 0.3) is 0 Å². The van der Waals surface area contributed by atoms with Gasteiger partial charge in [0.15, 0.2) is 5.96 Å². The molecule has 0 aromatic heterocycles. The zero-order valence-electron chi connectivity index (χ0n) is 17.0. The molecule has 1 aromatic rings. The molecule has 0 spiro atoms. The van der Waals surface area contributed by atoms with E-state index in [1.807, 2.05) is 31.2 Å². The van der Waals surface area contributed by atoms with Gasteiger partial charge in [0.1, 0.15) is 11.5 Å². The number of carbonyl (C=O) groups excluding carboxylic acids is 1. The number of guanidine groups is 1. The molecule has 7 nitrogen and oxygen atoms in total. The summed E-state index contributed by atoms with van der Waals surface area (Å²) in [4.78, 5) is 18.5. The number of piperidine rings is 1. The minimum Gasteiger partial charge on any atom is -0.497 e. The Labute approximate surface area is 184 Å². The summed E-state index contributed by atoms with van der Waals surface area (Å²) >= 11 is 0. The van der Waals surface area contributed by atoms with Crippen LogP contribution < -0.4 is 14.8 Å². The predicted octanol–water partition coefficient (Wildman–Crippen LogP) is 2.93. The molecule has 1 saturated heterocycles. The van der Waals surface area contributed by atoms with E-state index in [2.05, 4.69) is 15.2 Å². The summed E-state index contributed by atoms with van der Waals surface area (Å²) in [6.07, 6.45) is 2.68. The van der Waals surface area contributed by atoms with Gasteiger partial charge in [0, 0.05) is 32.7 Å². The first-order valence-electron chi connectivity index (χ1n) is 9.57. The lowest BCUT2D eigenvalue weighted by Gasteiger charge is -2.33. The van der Waals surface area contributed by atoms with Crippen LogP contribution in [-0.4, -0.2) is 63.8 Å². The third-order valence-electron chi connectivity index (χ3n) is 4.47. The monoisotopic (exact) mass is 505 g/mol. The van der Waals surface area contributed by atoms with Gasteiger partial charge in [-0.15, -0.1) is 24.0 Å². The van der Waals surface area contributed by atoms with Crippen molar-refractivity contribution in [1.82, 2.24) is 10.2 Å². The number of nitrogens with zero attached hydrogens (tertiary/aromatic N) is 2. The van der Waals surface area contributed by atoms with Crippen LogP contribution in [0, 0.1) is 5.92 Å². The number of rotatable bonds is 8. The van der Waals surface area contributed by atoms with Crippen LogP contribution in [0.1, 0.15) is 26.2 Å². The van der Waals surface area contributed by atoms with E-state index in [4.69, 9.17) is 14.2 Å². The maximum atomic E-state index is 12.0. The maximum absolute atomic E-state index is 12.0. The highest BCUT2D eigenvalue weighted by Gasteiger charge is 2.28. The number of hydrogen-bond acceptors (Lipinski definition) is 5. The third kappa shape index (κ3) is 7.73. The van der Waals surface area contributed by atoms with Crippen molar-refractivity contribution >= 4 is 35.9 Å². The van der Waals surface area contributed by atoms with Gasteiger partial charge in [0.05, 0.1) is 26.2 Å². The third-order valence-corrected chi connectivity index (χ3v) is 4.47. The fraction of sp³-hybridized carbons (Fsp3) is 0.600. The molecule has 0 amide bonds. The van der Waals surface area contributed by atoms with Crippen molar-refractivity contribution < 1.29 is 19.0 Å². The van der Waals surface area contributed by atoms with Gasteiger partial charge in [-0.3, -0.25) is 9.79 Å². The first-order valence-corrected chi connectivity index (χ1v) is 9.57. The van der Waals surface area contributed by atoms with E-state index in [1.54, 1.807) is 14.2 Å². The van der Waals surface area contributed by atoms with E-state index in [0.29, 0.717) is 19.8 Å². The minimum absolute atomic E-state index is 0. The fourth-order valence-corrected chi connectivity index (χ4v) is 3.11. The number of benzene rings is 1. The Balaban J connectivity index is 0.00000392. The molecule has 1 heterocycles. The van der Waals surface area contributed by atoms with Crippen LogP contribution in [0.4, 0.5) is 0 Å². The van der Waals surface area contributed by atoms with Crippen molar-refractivity contribution in [2.45, 2.75) is 26.2 Å². The molecule has 0 radical (unpaired) electrons. The molecule has 1 fully saturated rings. The highest BCUT2D eigenvalue weighted by atomic mass is 127. The largest absolute Gasteiger partial charge is 0.497 e. The molecule has 1 aliphatic rings. The van der Waals surface area contributed by atoms with E-state index >= 15 is 0 Å². The molecule has 1 atom stereocenters. The number of hydrogen-bond donors (Lipinski definition) is 1. The number of ether oxygens (including phenoxy) is 3. The summed E-state index contributed by atoms with van der Waals surface area (Å²) in [7, 11) is 3.41. The Kier molecular flexibility index (Phi) is 11.7. The van der Waals surface area contributed by atoms with Gasteiger partial charge in [-0.25, -0.2) is 0 Å². The van der Waals surface area contributed by atoms with Gasteiger partial charge in [-0.05, 0) is 38.3 Å². The molecule has 0 saturated carbocycles. The average Bonchev–Trinajstić information content (AvgIpc) is 2.71. The van der Waals surface area contributed by atoms with Gasteiger partial charge in [0.2, 0.25) is 0 Å². The molecular weight excluding hydrogens is 473 g/mol. The highest BCUT2D eigenvalue weighted by Crippen LogP contribution is 2.19. The van der Waals surface area contributed by atoms with Crippen molar-refractivity contribution in [1.29, 1.82) is 0 Å². The number of halogens is 1. The molecule has 1 aromatic carbocycles. The van der Waals surface area contributed by atoms with E-state index in [0.717, 1.165) is 49.8 Å². The highest BCUT2D eigenvalue weighted by molar-refractivity contribution is 14.0. The molecule has 1 N–H and O–H groups in total. The van der Waals surface area contributed by atoms with Gasteiger partial charge in [0.25, 0.3) is 0 Å². The second-order valence-corrected chi connectivity index (χ2v) is 6.39. The number of esters is 1. The topological polar surface area (TPSA) is 72.4 Å². The van der Waals surface area contributed by atoms with Crippen LogP contribution in [0.3, 0.4) is 0 Å². The van der Waals surface area contributed by atoms with E-state index in [1.165, 1.54) is 0 Å². The summed E-state index contributed by atoms with van der Waals surface area (Å²) in [6, 6.07) is 7.58. The van der Waals surface area contributed by atoms with E-state index in [9.17, 15) is 4.79 Å². The van der Waals surface area contributed by atoms with Gasteiger partial charge >= 0.3 is 5.97 Å². The average molecular weight is 505 g/mol. The Hall–Kier alpha value is -1.71. The van der Waals surface area contributed by atoms with Crippen molar-refractivity contribution in [3.63, 3.8) is 0 Å². The predicted molar refractivity (Wildman–Crippen MR) is 121 cm³/mol. The van der Waals surface area contributed by atoms with Gasteiger partial charge in [-0.2, -0.15) is 0 Å². The molecule has 0 aliphatic carbocycles. The Morgan fingerprint density at radius 1 is 1.36 bits per heavy atom. The van der Waals surface area contributed by atoms with Crippen LogP contribution in [0.15, 0.2) is 29.3 Å². The zero-order valence-corrected chi connectivity index (χ0v) is 19.3. The summed E-state index contributed by atoms with van der Waals surface area (Å²) in [5.41, 5.74) is 0. The van der Waals surface area contributed by atoms with E-state index in [-0.39, 0.29) is 35.9 Å². The first-order chi connectivity index (χ1) is 13.2. The SMILES string of the molecule is CCOC(=O)C1CCCN(C(=NC)NCCCOc2cccc(OC)c2)C1.I. The molecular formula is C20H32IN3O4. The Morgan fingerprint density at radius 3 is 2.86 bits per heavy atom.